The Morgan fingerprint density at radius 2 is 1.96 bits per heavy atom. The summed E-state index contributed by atoms with van der Waals surface area (Å²) in [6.45, 7) is 4.28. The van der Waals surface area contributed by atoms with Gasteiger partial charge in [0.05, 0.1) is 0 Å². The third-order valence-electron chi connectivity index (χ3n) is 6.02. The number of nitrogens with zero attached hydrogens (tertiary/aromatic N) is 2. The van der Waals surface area contributed by atoms with E-state index in [2.05, 4.69) is 21.3 Å². The highest BCUT2D eigenvalue weighted by atomic mass is 16.1. The van der Waals surface area contributed by atoms with Gasteiger partial charge in [0.2, 0.25) is 5.91 Å². The van der Waals surface area contributed by atoms with Crippen molar-refractivity contribution in [2.45, 2.75) is 38.3 Å². The molecule has 4 heteroatoms. The van der Waals surface area contributed by atoms with Crippen molar-refractivity contribution in [1.82, 2.24) is 15.2 Å². The summed E-state index contributed by atoms with van der Waals surface area (Å²) >= 11 is 0. The van der Waals surface area contributed by atoms with Crippen LogP contribution in [-0.2, 0) is 11.2 Å². The van der Waals surface area contributed by atoms with Crippen LogP contribution in [0.3, 0.4) is 0 Å². The topological polar surface area (TPSA) is 45.2 Å². The number of hydrogen-bond donors (Lipinski definition) is 1. The highest BCUT2D eigenvalue weighted by molar-refractivity contribution is 5.95. The summed E-state index contributed by atoms with van der Waals surface area (Å²) in [5.41, 5.74) is 3.33. The molecule has 3 saturated heterocycles. The number of pyridine rings is 1. The molecule has 1 N–H and O–H groups in total. The Labute approximate surface area is 161 Å². The summed E-state index contributed by atoms with van der Waals surface area (Å²) in [6, 6.07) is 14.8. The maximum atomic E-state index is 12.8. The average Bonchev–Trinajstić information content (AvgIpc) is 2.72. The number of hydrogen-bond acceptors (Lipinski definition) is 3. The number of aromatic nitrogens is 1. The van der Waals surface area contributed by atoms with E-state index in [9.17, 15) is 4.79 Å². The van der Waals surface area contributed by atoms with Gasteiger partial charge in [-0.1, -0.05) is 36.4 Å². The molecule has 2 aromatic rings. The van der Waals surface area contributed by atoms with Gasteiger partial charge in [-0.05, 0) is 68.0 Å². The lowest BCUT2D eigenvalue weighted by Gasteiger charge is -2.51. The zero-order valence-corrected chi connectivity index (χ0v) is 15.8. The van der Waals surface area contributed by atoms with Crippen LogP contribution in [0.4, 0.5) is 0 Å². The average molecular weight is 361 g/mol. The molecule has 140 valence electrons. The standard InChI is InChI=1S/C23H27N3O/c1-17(19-7-3-2-4-8-19)14-22(27)25-23-20-9-12-26(13-10-20)21(23)15-18-6-5-11-24-16-18/h2-8,11,14,16,20-21,23H,9-10,12-13,15H2,1H3,(H,25,27)/b17-14+/t21-,23-/m1/s1. The molecular weight excluding hydrogens is 334 g/mol. The quantitative estimate of drug-likeness (QED) is 0.831. The minimum Gasteiger partial charge on any atom is -0.348 e. The van der Waals surface area contributed by atoms with Crippen LogP contribution in [0.2, 0.25) is 0 Å². The molecule has 3 fully saturated rings. The second-order valence-electron chi connectivity index (χ2n) is 7.73. The number of carbonyl (C=O) groups is 1. The van der Waals surface area contributed by atoms with Crippen LogP contribution in [0.1, 0.15) is 30.9 Å². The third kappa shape index (κ3) is 4.11. The van der Waals surface area contributed by atoms with E-state index in [0.29, 0.717) is 12.0 Å². The van der Waals surface area contributed by atoms with Crippen LogP contribution in [0.25, 0.3) is 5.57 Å². The predicted molar refractivity (Wildman–Crippen MR) is 108 cm³/mol. The molecule has 0 unspecified atom stereocenters. The zero-order valence-electron chi connectivity index (χ0n) is 15.8. The fraction of sp³-hybridized carbons (Fsp3) is 0.391. The number of benzene rings is 1. The molecule has 4 heterocycles. The number of rotatable bonds is 5. The van der Waals surface area contributed by atoms with E-state index in [1.807, 2.05) is 55.7 Å². The van der Waals surface area contributed by atoms with Gasteiger partial charge in [-0.2, -0.15) is 0 Å². The molecule has 1 aromatic carbocycles. The molecule has 3 aliphatic heterocycles. The summed E-state index contributed by atoms with van der Waals surface area (Å²) in [4.78, 5) is 19.6. The van der Waals surface area contributed by atoms with Crippen LogP contribution in [0.5, 0.6) is 0 Å². The fourth-order valence-corrected chi connectivity index (χ4v) is 4.57. The van der Waals surface area contributed by atoms with Crippen molar-refractivity contribution < 1.29 is 4.79 Å². The molecule has 2 bridgehead atoms. The van der Waals surface area contributed by atoms with E-state index in [4.69, 9.17) is 0 Å². The minimum absolute atomic E-state index is 0.0197. The van der Waals surface area contributed by atoms with Gasteiger partial charge in [0, 0.05) is 30.6 Å². The largest absolute Gasteiger partial charge is 0.348 e. The van der Waals surface area contributed by atoms with Gasteiger partial charge in [-0.25, -0.2) is 0 Å². The fourth-order valence-electron chi connectivity index (χ4n) is 4.57. The molecule has 0 aliphatic carbocycles. The Morgan fingerprint density at radius 3 is 2.67 bits per heavy atom. The van der Waals surface area contributed by atoms with Crippen molar-refractivity contribution in [2.24, 2.45) is 5.92 Å². The Morgan fingerprint density at radius 1 is 1.19 bits per heavy atom. The maximum absolute atomic E-state index is 12.8. The van der Waals surface area contributed by atoms with E-state index in [1.54, 1.807) is 6.08 Å². The number of carbonyl (C=O) groups excluding carboxylic acids is 1. The van der Waals surface area contributed by atoms with Crippen LogP contribution in [0, 0.1) is 5.92 Å². The highest BCUT2D eigenvalue weighted by Gasteiger charge is 2.42. The number of allylic oxidation sites excluding steroid dienone is 1. The molecule has 0 saturated carbocycles. The Balaban J connectivity index is 1.49. The van der Waals surface area contributed by atoms with E-state index in [1.165, 1.54) is 18.4 Å². The van der Waals surface area contributed by atoms with Crippen molar-refractivity contribution >= 4 is 11.5 Å². The molecule has 3 aliphatic rings. The zero-order chi connectivity index (χ0) is 18.6. The smallest absolute Gasteiger partial charge is 0.244 e. The first-order valence-corrected chi connectivity index (χ1v) is 9.88. The van der Waals surface area contributed by atoms with E-state index in [0.717, 1.165) is 30.6 Å². The molecule has 5 rings (SSSR count). The van der Waals surface area contributed by atoms with E-state index < -0.39 is 0 Å². The lowest BCUT2D eigenvalue weighted by atomic mass is 9.76. The van der Waals surface area contributed by atoms with Gasteiger partial charge >= 0.3 is 0 Å². The van der Waals surface area contributed by atoms with E-state index >= 15 is 0 Å². The van der Waals surface area contributed by atoms with Gasteiger partial charge in [0.15, 0.2) is 0 Å². The van der Waals surface area contributed by atoms with Crippen molar-refractivity contribution in [3.63, 3.8) is 0 Å². The van der Waals surface area contributed by atoms with Crippen LogP contribution < -0.4 is 5.32 Å². The SMILES string of the molecule is C/C(=C\C(=O)N[C@@H]1C2CCN(CC2)[C@@H]1Cc1cccnc1)c1ccccc1. The third-order valence-corrected chi connectivity index (χ3v) is 6.02. The van der Waals surface area contributed by atoms with Crippen LogP contribution >= 0.6 is 0 Å². The molecule has 4 nitrogen and oxygen atoms in total. The summed E-state index contributed by atoms with van der Waals surface area (Å²) < 4.78 is 0. The minimum atomic E-state index is 0.0197. The first-order chi connectivity index (χ1) is 13.2. The Hall–Kier alpha value is -2.46. The predicted octanol–water partition coefficient (Wildman–Crippen LogP) is 3.31. The monoisotopic (exact) mass is 361 g/mol. The second-order valence-corrected chi connectivity index (χ2v) is 7.73. The molecule has 1 amide bonds. The Kier molecular flexibility index (Phi) is 5.35. The van der Waals surface area contributed by atoms with Crippen molar-refractivity contribution in [3.8, 4) is 0 Å². The van der Waals surface area contributed by atoms with Gasteiger partial charge < -0.3 is 5.32 Å². The first-order valence-electron chi connectivity index (χ1n) is 9.88. The maximum Gasteiger partial charge on any atom is 0.244 e. The van der Waals surface area contributed by atoms with Gasteiger partial charge in [-0.15, -0.1) is 0 Å². The summed E-state index contributed by atoms with van der Waals surface area (Å²) in [7, 11) is 0. The first kappa shape index (κ1) is 17.9. The van der Waals surface area contributed by atoms with Crippen molar-refractivity contribution in [1.29, 1.82) is 0 Å². The lowest BCUT2D eigenvalue weighted by molar-refractivity contribution is -0.119. The number of piperidine rings is 3. The number of nitrogens with one attached hydrogen (secondary N) is 1. The summed E-state index contributed by atoms with van der Waals surface area (Å²) in [5.74, 6) is 0.595. The highest BCUT2D eigenvalue weighted by Crippen LogP contribution is 2.34. The van der Waals surface area contributed by atoms with Crippen molar-refractivity contribution in [2.75, 3.05) is 13.1 Å². The Bertz CT molecular complexity index is 795. The number of fused-ring (bicyclic) bond motifs is 3. The molecule has 0 radical (unpaired) electrons. The van der Waals surface area contributed by atoms with Gasteiger partial charge in [0.25, 0.3) is 0 Å². The summed E-state index contributed by atoms with van der Waals surface area (Å²) in [6.07, 6.45) is 8.80. The molecule has 2 atom stereocenters. The van der Waals surface area contributed by atoms with Crippen LogP contribution in [0.15, 0.2) is 60.9 Å². The summed E-state index contributed by atoms with van der Waals surface area (Å²) in [5, 5.41) is 3.34. The van der Waals surface area contributed by atoms with E-state index in [-0.39, 0.29) is 11.9 Å². The molecule has 0 spiro atoms. The van der Waals surface area contributed by atoms with Crippen molar-refractivity contribution in [3.05, 3.63) is 72.1 Å². The normalized spacial score (nSPS) is 27.4. The van der Waals surface area contributed by atoms with Gasteiger partial charge in [0.1, 0.15) is 0 Å². The number of amides is 1. The van der Waals surface area contributed by atoms with Crippen LogP contribution in [-0.4, -0.2) is 41.0 Å². The van der Waals surface area contributed by atoms with Gasteiger partial charge in [-0.3, -0.25) is 14.7 Å². The molecular formula is C23H27N3O. The molecule has 27 heavy (non-hydrogen) atoms. The molecule has 1 aromatic heterocycles. The lowest BCUT2D eigenvalue weighted by Crippen LogP contribution is -2.64. The second kappa shape index (κ2) is 8.05.